The fourth-order valence-electron chi connectivity index (χ4n) is 2.39. The first-order valence-corrected chi connectivity index (χ1v) is 7.19. The summed E-state index contributed by atoms with van der Waals surface area (Å²) in [5, 5.41) is 3.15. The molecule has 0 atom stereocenters. The van der Waals surface area contributed by atoms with Crippen LogP contribution in [0.4, 0.5) is 11.9 Å². The lowest BCUT2D eigenvalue weighted by molar-refractivity contribution is 0.247. The number of nitrogens with one attached hydrogen (secondary N) is 1. The maximum absolute atomic E-state index is 5.91. The van der Waals surface area contributed by atoms with Crippen LogP contribution >= 0.6 is 11.6 Å². The van der Waals surface area contributed by atoms with Crippen LogP contribution in [0.15, 0.2) is 0 Å². The number of hydrogen-bond acceptors (Lipinski definition) is 6. The van der Waals surface area contributed by atoms with Crippen LogP contribution in [0.25, 0.3) is 0 Å². The number of hydrogen-bond donors (Lipinski definition) is 1. The monoisotopic (exact) mass is 282 g/mol. The third-order valence-electron chi connectivity index (χ3n) is 3.69. The van der Waals surface area contributed by atoms with Crippen molar-refractivity contribution in [2.24, 2.45) is 5.92 Å². The van der Waals surface area contributed by atoms with Gasteiger partial charge in [0.05, 0.1) is 0 Å². The van der Waals surface area contributed by atoms with Crippen molar-refractivity contribution in [1.82, 2.24) is 19.9 Å². The lowest BCUT2D eigenvalue weighted by Crippen LogP contribution is -2.47. The second-order valence-corrected chi connectivity index (χ2v) is 5.55. The van der Waals surface area contributed by atoms with E-state index in [-0.39, 0.29) is 5.28 Å². The van der Waals surface area contributed by atoms with Crippen LogP contribution in [-0.2, 0) is 0 Å². The van der Waals surface area contributed by atoms with Crippen LogP contribution in [0, 0.1) is 5.92 Å². The minimum atomic E-state index is 0.245. The molecule has 1 aromatic rings. The Morgan fingerprint density at radius 1 is 1.16 bits per heavy atom. The summed E-state index contributed by atoms with van der Waals surface area (Å²) in [7, 11) is 1.78. The van der Waals surface area contributed by atoms with Crippen molar-refractivity contribution in [2.45, 2.75) is 12.8 Å². The molecule has 0 aromatic carbocycles. The fraction of sp³-hybridized carbons (Fsp3) is 0.750. The van der Waals surface area contributed by atoms with Crippen molar-refractivity contribution in [3.63, 3.8) is 0 Å². The van der Waals surface area contributed by atoms with Gasteiger partial charge in [-0.05, 0) is 30.4 Å². The molecular formula is C12H19ClN6. The van der Waals surface area contributed by atoms with Crippen LogP contribution < -0.4 is 10.2 Å². The number of rotatable bonds is 4. The molecule has 0 amide bonds. The molecule has 0 spiro atoms. The van der Waals surface area contributed by atoms with Crippen LogP contribution in [0.2, 0.25) is 5.28 Å². The Hall–Kier alpha value is -1.14. The van der Waals surface area contributed by atoms with Gasteiger partial charge in [-0.1, -0.05) is 0 Å². The molecule has 0 radical (unpaired) electrons. The third-order valence-corrected chi connectivity index (χ3v) is 3.86. The minimum absolute atomic E-state index is 0.245. The van der Waals surface area contributed by atoms with Gasteiger partial charge in [0.2, 0.25) is 17.2 Å². The third kappa shape index (κ3) is 3.25. The molecule has 0 bridgehead atoms. The lowest BCUT2D eigenvalue weighted by Gasteiger charge is -2.34. The highest BCUT2D eigenvalue weighted by Gasteiger charge is 2.27. The van der Waals surface area contributed by atoms with Gasteiger partial charge in [0.25, 0.3) is 0 Å². The smallest absolute Gasteiger partial charge is 0.231 e. The van der Waals surface area contributed by atoms with Crippen molar-refractivity contribution in [2.75, 3.05) is 50.0 Å². The van der Waals surface area contributed by atoms with Gasteiger partial charge in [0.15, 0.2) is 0 Å². The van der Waals surface area contributed by atoms with E-state index in [1.54, 1.807) is 7.05 Å². The number of halogens is 1. The van der Waals surface area contributed by atoms with E-state index >= 15 is 0 Å². The molecule has 104 valence electrons. The topological polar surface area (TPSA) is 57.2 Å². The van der Waals surface area contributed by atoms with E-state index in [0.717, 1.165) is 32.1 Å². The van der Waals surface area contributed by atoms with Crippen LogP contribution in [-0.4, -0.2) is 59.6 Å². The molecule has 1 saturated carbocycles. The predicted octanol–water partition coefficient (Wildman–Crippen LogP) is 1.10. The molecule has 0 unspecified atom stereocenters. The van der Waals surface area contributed by atoms with Gasteiger partial charge in [-0.25, -0.2) is 0 Å². The van der Waals surface area contributed by atoms with E-state index in [2.05, 4.69) is 30.1 Å². The maximum atomic E-state index is 5.91. The Morgan fingerprint density at radius 3 is 2.53 bits per heavy atom. The molecule has 1 aliphatic carbocycles. The highest BCUT2D eigenvalue weighted by molar-refractivity contribution is 6.28. The Morgan fingerprint density at radius 2 is 1.89 bits per heavy atom. The van der Waals surface area contributed by atoms with Crippen LogP contribution in [0.1, 0.15) is 12.8 Å². The summed E-state index contributed by atoms with van der Waals surface area (Å²) >= 11 is 5.91. The average Bonchev–Trinajstić information content (AvgIpc) is 3.23. The highest BCUT2D eigenvalue weighted by atomic mass is 35.5. The molecule has 2 fully saturated rings. The number of anilines is 2. The van der Waals surface area contributed by atoms with Gasteiger partial charge in [-0.15, -0.1) is 0 Å². The molecule has 1 N–H and O–H groups in total. The Balaban J connectivity index is 1.62. The van der Waals surface area contributed by atoms with Crippen molar-refractivity contribution < 1.29 is 0 Å². The summed E-state index contributed by atoms with van der Waals surface area (Å²) in [5.41, 5.74) is 0. The Bertz CT molecular complexity index is 442. The summed E-state index contributed by atoms with van der Waals surface area (Å²) in [6.07, 6.45) is 2.82. The Labute approximate surface area is 118 Å². The number of nitrogens with zero attached hydrogens (tertiary/aromatic N) is 5. The highest BCUT2D eigenvalue weighted by Crippen LogP contribution is 2.30. The van der Waals surface area contributed by atoms with Gasteiger partial charge < -0.3 is 10.2 Å². The second-order valence-electron chi connectivity index (χ2n) is 5.21. The Kier molecular flexibility index (Phi) is 3.70. The molecule has 6 nitrogen and oxygen atoms in total. The van der Waals surface area contributed by atoms with Crippen molar-refractivity contribution in [1.29, 1.82) is 0 Å². The average molecular weight is 283 g/mol. The molecular weight excluding hydrogens is 264 g/mol. The summed E-state index contributed by atoms with van der Waals surface area (Å²) in [5.74, 6) is 2.15. The van der Waals surface area contributed by atoms with Gasteiger partial charge in [0.1, 0.15) is 0 Å². The molecule has 2 aliphatic rings. The van der Waals surface area contributed by atoms with Crippen molar-refractivity contribution >= 4 is 23.5 Å². The van der Waals surface area contributed by atoms with Gasteiger partial charge in [-0.2, -0.15) is 15.0 Å². The van der Waals surface area contributed by atoms with Gasteiger partial charge in [0, 0.05) is 39.8 Å². The van der Waals surface area contributed by atoms with Crippen LogP contribution in [0.5, 0.6) is 0 Å². The summed E-state index contributed by atoms with van der Waals surface area (Å²) < 4.78 is 0. The van der Waals surface area contributed by atoms with Crippen LogP contribution in [0.3, 0.4) is 0 Å². The second kappa shape index (κ2) is 5.46. The van der Waals surface area contributed by atoms with E-state index in [1.807, 2.05) is 0 Å². The first kappa shape index (κ1) is 12.9. The first-order chi connectivity index (χ1) is 9.24. The zero-order chi connectivity index (χ0) is 13.2. The van der Waals surface area contributed by atoms with E-state index in [1.165, 1.54) is 19.4 Å². The standard InChI is InChI=1S/C12H19ClN6/c1-14-11-15-10(13)16-12(17-11)19-6-4-18(5-7-19)8-9-2-3-9/h9H,2-8H2,1H3,(H,14,15,16,17). The van der Waals surface area contributed by atoms with Gasteiger partial charge >= 0.3 is 0 Å². The van der Waals surface area contributed by atoms with Gasteiger partial charge in [-0.3, -0.25) is 4.90 Å². The first-order valence-electron chi connectivity index (χ1n) is 6.81. The van der Waals surface area contributed by atoms with Crippen molar-refractivity contribution in [3.05, 3.63) is 5.28 Å². The summed E-state index contributed by atoms with van der Waals surface area (Å²) in [6, 6.07) is 0. The zero-order valence-electron chi connectivity index (χ0n) is 11.1. The van der Waals surface area contributed by atoms with E-state index < -0.39 is 0 Å². The molecule has 3 rings (SSSR count). The molecule has 7 heteroatoms. The summed E-state index contributed by atoms with van der Waals surface area (Å²) in [4.78, 5) is 17.3. The number of aromatic nitrogens is 3. The summed E-state index contributed by atoms with van der Waals surface area (Å²) in [6.45, 7) is 5.32. The predicted molar refractivity (Wildman–Crippen MR) is 75.8 cm³/mol. The maximum Gasteiger partial charge on any atom is 0.231 e. The van der Waals surface area contributed by atoms with Crippen molar-refractivity contribution in [3.8, 4) is 0 Å². The quantitative estimate of drug-likeness (QED) is 0.892. The molecule has 1 saturated heterocycles. The zero-order valence-corrected chi connectivity index (χ0v) is 11.9. The van der Waals surface area contributed by atoms with E-state index in [0.29, 0.717) is 11.9 Å². The molecule has 1 aliphatic heterocycles. The largest absolute Gasteiger partial charge is 0.357 e. The molecule has 2 heterocycles. The SMILES string of the molecule is CNc1nc(Cl)nc(N2CCN(CC3CC3)CC2)n1. The lowest BCUT2D eigenvalue weighted by atomic mass is 10.3. The minimum Gasteiger partial charge on any atom is -0.357 e. The van der Waals surface area contributed by atoms with E-state index in [4.69, 9.17) is 11.6 Å². The molecule has 1 aromatic heterocycles. The molecule has 19 heavy (non-hydrogen) atoms. The number of piperazine rings is 1. The fourth-order valence-corrected chi connectivity index (χ4v) is 2.54. The normalized spacial score (nSPS) is 20.6. The van der Waals surface area contributed by atoms with E-state index in [9.17, 15) is 0 Å².